The Hall–Kier alpha value is -1.22. The summed E-state index contributed by atoms with van der Waals surface area (Å²) in [5.74, 6) is 6.07. The number of allylic oxidation sites excluding steroid dienone is 6. The van der Waals surface area contributed by atoms with E-state index in [-0.39, 0.29) is 0 Å². The van der Waals surface area contributed by atoms with Crippen molar-refractivity contribution in [2.75, 3.05) is 0 Å². The largest absolute Gasteiger partial charge is 0.0944 e. The maximum Gasteiger partial charge on any atom is 0.0273 e. The summed E-state index contributed by atoms with van der Waals surface area (Å²) in [6.07, 6.45) is 18.2. The molecule has 0 heteroatoms. The van der Waals surface area contributed by atoms with E-state index in [0.29, 0.717) is 0 Å². The molecule has 0 aliphatic carbocycles. The van der Waals surface area contributed by atoms with E-state index >= 15 is 0 Å². The minimum absolute atomic E-state index is 0.867. The number of hydrogen-bond acceptors (Lipinski definition) is 0. The molecule has 0 aliphatic heterocycles. The summed E-state index contributed by atoms with van der Waals surface area (Å²) in [7, 11) is 0. The summed E-state index contributed by atoms with van der Waals surface area (Å²) < 4.78 is 0. The highest BCUT2D eigenvalue weighted by Crippen LogP contribution is 1.99. The first-order chi connectivity index (χ1) is 7.41. The highest BCUT2D eigenvalue weighted by molar-refractivity contribution is 5.20. The average molecular weight is 202 g/mol. The van der Waals surface area contributed by atoms with Crippen LogP contribution < -0.4 is 0 Å². The molecule has 0 nitrogen and oxygen atoms in total. The molecular weight excluding hydrogens is 180 g/mol. The average Bonchev–Trinajstić information content (AvgIpc) is 2.26. The molecule has 82 valence electrons. The molecule has 0 heterocycles. The molecule has 0 spiro atoms. The quantitative estimate of drug-likeness (QED) is 0.254. The lowest BCUT2D eigenvalue weighted by Gasteiger charge is -1.89. The van der Waals surface area contributed by atoms with Gasteiger partial charge in [-0.2, -0.15) is 0 Å². The number of rotatable bonds is 6. The summed E-state index contributed by atoms with van der Waals surface area (Å²) in [5, 5.41) is 0. The van der Waals surface area contributed by atoms with Crippen LogP contribution >= 0.6 is 0 Å². The predicted octanol–water partition coefficient (Wildman–Crippen LogP) is 4.65. The first-order valence-corrected chi connectivity index (χ1v) is 5.83. The first kappa shape index (κ1) is 13.8. The Morgan fingerprint density at radius 3 is 2.67 bits per heavy atom. The Labute approximate surface area is 94.8 Å². The topological polar surface area (TPSA) is 0 Å². The van der Waals surface area contributed by atoms with Crippen LogP contribution in [0.3, 0.4) is 0 Å². The standard InChI is InChI=1S/C15H22/c1-3-5-7-9-11-13-15-14-12-10-8-6-4-2/h3,5,7,9,12,14H,4,6,8,10,15H2,1-2H3/b5-3+,9-7+,14-12+. The van der Waals surface area contributed by atoms with Crippen LogP contribution in [0.1, 0.15) is 46.0 Å². The molecule has 0 aliphatic rings. The van der Waals surface area contributed by atoms with Gasteiger partial charge in [0.1, 0.15) is 0 Å². The number of unbranched alkanes of at least 4 members (excludes halogenated alkanes) is 3. The summed E-state index contributed by atoms with van der Waals surface area (Å²) >= 11 is 0. The second-order valence-electron chi connectivity index (χ2n) is 3.38. The SMILES string of the molecule is C/C=C/C=C/C#CC/C=C/CCCCC. The third-order valence-corrected chi connectivity index (χ3v) is 1.95. The second kappa shape index (κ2) is 12.8. The maximum atomic E-state index is 3.08. The van der Waals surface area contributed by atoms with Crippen molar-refractivity contribution in [1.29, 1.82) is 0 Å². The fourth-order valence-corrected chi connectivity index (χ4v) is 1.10. The van der Waals surface area contributed by atoms with E-state index < -0.39 is 0 Å². The molecule has 0 rings (SSSR count). The summed E-state index contributed by atoms with van der Waals surface area (Å²) in [6.45, 7) is 4.23. The highest BCUT2D eigenvalue weighted by Gasteiger charge is 1.80. The molecule has 0 atom stereocenters. The van der Waals surface area contributed by atoms with Crippen molar-refractivity contribution in [2.45, 2.75) is 46.0 Å². The fraction of sp³-hybridized carbons (Fsp3) is 0.467. The smallest absolute Gasteiger partial charge is 0.0273 e. The van der Waals surface area contributed by atoms with E-state index in [1.54, 1.807) is 0 Å². The van der Waals surface area contributed by atoms with E-state index in [1.165, 1.54) is 25.7 Å². The van der Waals surface area contributed by atoms with E-state index in [4.69, 9.17) is 0 Å². The third kappa shape index (κ3) is 12.8. The molecule has 0 unspecified atom stereocenters. The third-order valence-electron chi connectivity index (χ3n) is 1.95. The zero-order valence-corrected chi connectivity index (χ0v) is 10.00. The molecular formula is C15H22. The molecule has 0 aromatic rings. The van der Waals surface area contributed by atoms with E-state index in [9.17, 15) is 0 Å². The van der Waals surface area contributed by atoms with Gasteiger partial charge in [-0.25, -0.2) is 0 Å². The Morgan fingerprint density at radius 2 is 1.93 bits per heavy atom. The molecule has 0 aromatic carbocycles. The lowest BCUT2D eigenvalue weighted by Crippen LogP contribution is -1.70. The van der Waals surface area contributed by atoms with Crippen molar-refractivity contribution >= 4 is 0 Å². The molecule has 15 heavy (non-hydrogen) atoms. The van der Waals surface area contributed by atoms with Gasteiger partial charge in [0.25, 0.3) is 0 Å². The van der Waals surface area contributed by atoms with Crippen molar-refractivity contribution in [2.24, 2.45) is 0 Å². The minimum Gasteiger partial charge on any atom is -0.0944 e. The maximum absolute atomic E-state index is 3.08. The molecule has 0 fully saturated rings. The monoisotopic (exact) mass is 202 g/mol. The van der Waals surface area contributed by atoms with Gasteiger partial charge in [0, 0.05) is 6.42 Å². The molecule has 0 saturated carbocycles. The predicted molar refractivity (Wildman–Crippen MR) is 69.6 cm³/mol. The fourth-order valence-electron chi connectivity index (χ4n) is 1.10. The van der Waals surface area contributed by atoms with Crippen LogP contribution in [0.25, 0.3) is 0 Å². The van der Waals surface area contributed by atoms with Crippen LogP contribution in [0.5, 0.6) is 0 Å². The molecule has 0 saturated heterocycles. The van der Waals surface area contributed by atoms with E-state index in [0.717, 1.165) is 6.42 Å². The van der Waals surface area contributed by atoms with Crippen molar-refractivity contribution in [3.63, 3.8) is 0 Å². The van der Waals surface area contributed by atoms with Crippen LogP contribution in [-0.2, 0) is 0 Å². The van der Waals surface area contributed by atoms with Crippen molar-refractivity contribution in [3.05, 3.63) is 36.5 Å². The van der Waals surface area contributed by atoms with Gasteiger partial charge in [0.05, 0.1) is 0 Å². The molecule has 0 N–H and O–H groups in total. The Balaban J connectivity index is 3.43. The van der Waals surface area contributed by atoms with Crippen LogP contribution in [0.4, 0.5) is 0 Å². The molecule has 0 bridgehead atoms. The van der Waals surface area contributed by atoms with Gasteiger partial charge in [-0.3, -0.25) is 0 Å². The van der Waals surface area contributed by atoms with Gasteiger partial charge in [0.2, 0.25) is 0 Å². The number of hydrogen-bond donors (Lipinski definition) is 0. The molecule has 0 radical (unpaired) electrons. The zero-order chi connectivity index (χ0) is 11.2. The molecule has 0 amide bonds. The normalized spacial score (nSPS) is 11.3. The van der Waals surface area contributed by atoms with Crippen LogP contribution in [0, 0.1) is 11.8 Å². The van der Waals surface area contributed by atoms with Gasteiger partial charge in [-0.1, -0.05) is 62.0 Å². The van der Waals surface area contributed by atoms with Gasteiger partial charge in [-0.15, -0.1) is 0 Å². The van der Waals surface area contributed by atoms with Gasteiger partial charge >= 0.3 is 0 Å². The first-order valence-electron chi connectivity index (χ1n) is 5.83. The lowest BCUT2D eigenvalue weighted by molar-refractivity contribution is 0.728. The van der Waals surface area contributed by atoms with Crippen molar-refractivity contribution in [3.8, 4) is 11.8 Å². The Morgan fingerprint density at radius 1 is 1.07 bits per heavy atom. The van der Waals surface area contributed by atoms with Gasteiger partial charge in [-0.05, 0) is 25.8 Å². The van der Waals surface area contributed by atoms with Gasteiger partial charge < -0.3 is 0 Å². The van der Waals surface area contributed by atoms with Crippen LogP contribution in [0.2, 0.25) is 0 Å². The van der Waals surface area contributed by atoms with Crippen molar-refractivity contribution < 1.29 is 0 Å². The highest BCUT2D eigenvalue weighted by atomic mass is 13.9. The Bertz CT molecular complexity index is 255. The van der Waals surface area contributed by atoms with Gasteiger partial charge in [0.15, 0.2) is 0 Å². The zero-order valence-electron chi connectivity index (χ0n) is 10.00. The van der Waals surface area contributed by atoms with Crippen LogP contribution in [0.15, 0.2) is 36.5 Å². The summed E-state index contributed by atoms with van der Waals surface area (Å²) in [4.78, 5) is 0. The Kier molecular flexibility index (Phi) is 11.7. The summed E-state index contributed by atoms with van der Waals surface area (Å²) in [6, 6.07) is 0. The van der Waals surface area contributed by atoms with Crippen molar-refractivity contribution in [1.82, 2.24) is 0 Å². The summed E-state index contributed by atoms with van der Waals surface area (Å²) in [5.41, 5.74) is 0. The minimum atomic E-state index is 0.867. The van der Waals surface area contributed by atoms with E-state index in [2.05, 4.69) is 30.9 Å². The van der Waals surface area contributed by atoms with Crippen LogP contribution in [-0.4, -0.2) is 0 Å². The molecule has 0 aromatic heterocycles. The second-order valence-corrected chi connectivity index (χ2v) is 3.38. The lowest BCUT2D eigenvalue weighted by atomic mass is 10.2. The van der Waals surface area contributed by atoms with E-state index in [1.807, 2.05) is 31.2 Å².